The molecule has 0 bridgehead atoms. The Kier molecular flexibility index (Phi) is 4.60. The first-order valence-corrected chi connectivity index (χ1v) is 7.00. The van der Waals surface area contributed by atoms with Crippen LogP contribution in [0.2, 0.25) is 0 Å². The monoisotopic (exact) mass is 269 g/mol. The number of hydrogen-bond donors (Lipinski definition) is 1. The summed E-state index contributed by atoms with van der Waals surface area (Å²) in [7, 11) is 4.98. The molecule has 2 rings (SSSR count). The molecule has 1 aromatic rings. The van der Waals surface area contributed by atoms with E-state index in [0.717, 1.165) is 35.1 Å². The molecule has 1 unspecified atom stereocenters. The summed E-state index contributed by atoms with van der Waals surface area (Å²) >= 11 is 1.88. The van der Waals surface area contributed by atoms with Crippen molar-refractivity contribution in [2.24, 2.45) is 0 Å². The number of rotatable bonds is 4. The van der Waals surface area contributed by atoms with Crippen LogP contribution in [0.4, 0.5) is 0 Å². The topological polar surface area (TPSA) is 39.7 Å². The molecule has 1 aliphatic heterocycles. The molecule has 1 heterocycles. The van der Waals surface area contributed by atoms with Crippen LogP contribution in [0, 0.1) is 0 Å². The number of thioether (sulfide) groups is 1. The van der Waals surface area contributed by atoms with Crippen molar-refractivity contribution >= 4 is 11.8 Å². The molecule has 1 saturated heterocycles. The van der Waals surface area contributed by atoms with E-state index in [-0.39, 0.29) is 5.37 Å². The Morgan fingerprint density at radius 2 is 1.78 bits per heavy atom. The molecule has 0 spiro atoms. The molecule has 18 heavy (non-hydrogen) atoms. The summed E-state index contributed by atoms with van der Waals surface area (Å²) in [5.74, 6) is 3.50. The predicted octanol–water partition coefficient (Wildman–Crippen LogP) is 2.44. The predicted molar refractivity (Wildman–Crippen MR) is 73.9 cm³/mol. The van der Waals surface area contributed by atoms with Crippen molar-refractivity contribution in [3.63, 3.8) is 0 Å². The Morgan fingerprint density at radius 1 is 1.11 bits per heavy atom. The molecule has 0 radical (unpaired) electrons. The normalized spacial score (nSPS) is 19.4. The van der Waals surface area contributed by atoms with Crippen LogP contribution >= 0.6 is 11.8 Å². The molecule has 0 saturated carbocycles. The number of methoxy groups -OCH3 is 3. The molecule has 0 aromatic heterocycles. The quantitative estimate of drug-likeness (QED) is 0.909. The summed E-state index contributed by atoms with van der Waals surface area (Å²) < 4.78 is 16.2. The highest BCUT2D eigenvalue weighted by Gasteiger charge is 2.24. The Hall–Kier alpha value is -1.07. The molecule has 5 heteroatoms. The summed E-state index contributed by atoms with van der Waals surface area (Å²) in [4.78, 5) is 0. The first-order valence-electron chi connectivity index (χ1n) is 5.95. The fourth-order valence-corrected chi connectivity index (χ4v) is 3.22. The van der Waals surface area contributed by atoms with Crippen molar-refractivity contribution in [3.05, 3.63) is 17.7 Å². The lowest BCUT2D eigenvalue weighted by Crippen LogP contribution is -2.26. The van der Waals surface area contributed by atoms with Crippen molar-refractivity contribution in [1.82, 2.24) is 5.32 Å². The van der Waals surface area contributed by atoms with Gasteiger partial charge in [0.1, 0.15) is 17.2 Å². The van der Waals surface area contributed by atoms with Gasteiger partial charge in [0, 0.05) is 12.1 Å². The first-order chi connectivity index (χ1) is 8.80. The zero-order valence-corrected chi connectivity index (χ0v) is 11.8. The Balaban J connectivity index is 2.41. The van der Waals surface area contributed by atoms with E-state index in [4.69, 9.17) is 14.2 Å². The zero-order valence-electron chi connectivity index (χ0n) is 11.0. The van der Waals surface area contributed by atoms with Gasteiger partial charge in [-0.25, -0.2) is 0 Å². The van der Waals surface area contributed by atoms with Crippen LogP contribution < -0.4 is 19.5 Å². The van der Waals surface area contributed by atoms with Gasteiger partial charge in [-0.2, -0.15) is 0 Å². The number of nitrogens with one attached hydrogen (secondary N) is 1. The van der Waals surface area contributed by atoms with Crippen LogP contribution in [0.5, 0.6) is 17.2 Å². The van der Waals surface area contributed by atoms with Crippen molar-refractivity contribution in [3.8, 4) is 17.2 Å². The fourth-order valence-electron chi connectivity index (χ4n) is 2.04. The molecule has 0 amide bonds. The van der Waals surface area contributed by atoms with Crippen molar-refractivity contribution in [2.75, 3.05) is 33.6 Å². The minimum Gasteiger partial charge on any atom is -0.496 e. The van der Waals surface area contributed by atoms with Crippen LogP contribution in [-0.2, 0) is 0 Å². The maximum atomic E-state index is 5.47. The summed E-state index contributed by atoms with van der Waals surface area (Å²) in [5.41, 5.74) is 1.06. The molecular weight excluding hydrogens is 250 g/mol. The van der Waals surface area contributed by atoms with Gasteiger partial charge in [0.2, 0.25) is 0 Å². The third-order valence-electron chi connectivity index (χ3n) is 2.95. The van der Waals surface area contributed by atoms with Crippen LogP contribution in [0.25, 0.3) is 0 Å². The third-order valence-corrected chi connectivity index (χ3v) is 4.21. The summed E-state index contributed by atoms with van der Waals surface area (Å²) in [6.07, 6.45) is 1.20. The molecule has 1 fully saturated rings. The van der Waals surface area contributed by atoms with Crippen molar-refractivity contribution in [2.45, 2.75) is 11.8 Å². The number of hydrogen-bond acceptors (Lipinski definition) is 5. The van der Waals surface area contributed by atoms with E-state index in [1.54, 1.807) is 21.3 Å². The Labute approximate surface area is 112 Å². The van der Waals surface area contributed by atoms with Gasteiger partial charge in [-0.1, -0.05) is 0 Å². The maximum absolute atomic E-state index is 5.47. The average Bonchev–Trinajstić information content (AvgIpc) is 2.46. The van der Waals surface area contributed by atoms with Gasteiger partial charge in [-0.3, -0.25) is 0 Å². The van der Waals surface area contributed by atoms with Crippen LogP contribution in [0.15, 0.2) is 12.1 Å². The van der Waals surface area contributed by atoms with E-state index in [0.29, 0.717) is 0 Å². The lowest BCUT2D eigenvalue weighted by molar-refractivity contribution is 0.365. The minimum atomic E-state index is 0.217. The number of benzene rings is 1. The van der Waals surface area contributed by atoms with E-state index in [9.17, 15) is 0 Å². The van der Waals surface area contributed by atoms with E-state index in [1.165, 1.54) is 6.42 Å². The molecule has 0 aliphatic carbocycles. The average molecular weight is 269 g/mol. The van der Waals surface area contributed by atoms with Gasteiger partial charge in [0.05, 0.1) is 32.3 Å². The van der Waals surface area contributed by atoms with Gasteiger partial charge in [0.25, 0.3) is 0 Å². The van der Waals surface area contributed by atoms with E-state index >= 15 is 0 Å². The van der Waals surface area contributed by atoms with Crippen LogP contribution in [-0.4, -0.2) is 33.6 Å². The standard InChI is InChI=1S/C13H19NO3S/c1-15-9-7-10(16-2)12(11(8-9)17-3)13-14-5-4-6-18-13/h7-8,13-14H,4-6H2,1-3H3. The third kappa shape index (κ3) is 2.67. The summed E-state index contributed by atoms with van der Waals surface area (Å²) in [6, 6.07) is 3.80. The van der Waals surface area contributed by atoms with Gasteiger partial charge in [0.15, 0.2) is 0 Å². The molecular formula is C13H19NO3S. The first kappa shape index (κ1) is 13.4. The van der Waals surface area contributed by atoms with Gasteiger partial charge < -0.3 is 19.5 Å². The second kappa shape index (κ2) is 6.20. The smallest absolute Gasteiger partial charge is 0.131 e. The maximum Gasteiger partial charge on any atom is 0.131 e. The van der Waals surface area contributed by atoms with E-state index in [1.807, 2.05) is 23.9 Å². The SMILES string of the molecule is COc1cc(OC)c(C2NCCCS2)c(OC)c1. The highest BCUT2D eigenvalue weighted by Crippen LogP contribution is 2.43. The van der Waals surface area contributed by atoms with E-state index < -0.39 is 0 Å². The van der Waals surface area contributed by atoms with Crippen molar-refractivity contribution < 1.29 is 14.2 Å². The molecule has 100 valence electrons. The minimum absolute atomic E-state index is 0.217. The lowest BCUT2D eigenvalue weighted by Gasteiger charge is -2.26. The number of ether oxygens (including phenoxy) is 3. The van der Waals surface area contributed by atoms with Crippen LogP contribution in [0.3, 0.4) is 0 Å². The lowest BCUT2D eigenvalue weighted by atomic mass is 10.1. The second-order valence-electron chi connectivity index (χ2n) is 4.00. The molecule has 1 aromatic carbocycles. The highest BCUT2D eigenvalue weighted by molar-refractivity contribution is 7.99. The molecule has 4 nitrogen and oxygen atoms in total. The van der Waals surface area contributed by atoms with Gasteiger partial charge >= 0.3 is 0 Å². The molecule has 1 aliphatic rings. The molecule has 1 N–H and O–H groups in total. The Bertz CT molecular complexity index is 380. The van der Waals surface area contributed by atoms with Gasteiger partial charge in [-0.05, 0) is 18.7 Å². The largest absolute Gasteiger partial charge is 0.496 e. The van der Waals surface area contributed by atoms with Gasteiger partial charge in [-0.15, -0.1) is 11.8 Å². The zero-order chi connectivity index (χ0) is 13.0. The highest BCUT2D eigenvalue weighted by atomic mass is 32.2. The Morgan fingerprint density at radius 3 is 2.22 bits per heavy atom. The fraction of sp³-hybridized carbons (Fsp3) is 0.538. The molecule has 1 atom stereocenters. The second-order valence-corrected chi connectivity index (χ2v) is 5.22. The summed E-state index contributed by atoms with van der Waals surface area (Å²) in [5, 5.41) is 3.70. The van der Waals surface area contributed by atoms with E-state index in [2.05, 4.69) is 5.32 Å². The summed E-state index contributed by atoms with van der Waals surface area (Å²) in [6.45, 7) is 1.02. The van der Waals surface area contributed by atoms with Crippen LogP contribution in [0.1, 0.15) is 17.4 Å². The van der Waals surface area contributed by atoms with Crippen molar-refractivity contribution in [1.29, 1.82) is 0 Å².